The zero-order valence-corrected chi connectivity index (χ0v) is 10.7. The summed E-state index contributed by atoms with van der Waals surface area (Å²) in [6.07, 6.45) is 1.75. The summed E-state index contributed by atoms with van der Waals surface area (Å²) in [5.74, 6) is 5.20. The van der Waals surface area contributed by atoms with E-state index in [2.05, 4.69) is 15.7 Å². The molecule has 0 saturated heterocycles. The third-order valence-electron chi connectivity index (χ3n) is 2.75. The number of pyridine rings is 1. The maximum atomic E-state index is 12.0. The molecular weight excluding hydrogens is 240 g/mol. The van der Waals surface area contributed by atoms with Gasteiger partial charge in [0.25, 0.3) is 5.91 Å². The molecule has 2 rings (SSSR count). The molecule has 98 valence electrons. The molecule has 4 N–H and O–H groups in total. The number of anilines is 1. The highest BCUT2D eigenvalue weighted by Gasteiger charge is 2.09. The van der Waals surface area contributed by atoms with Crippen LogP contribution in [-0.4, -0.2) is 10.9 Å². The van der Waals surface area contributed by atoms with Crippen molar-refractivity contribution in [1.29, 1.82) is 0 Å². The maximum absolute atomic E-state index is 12.0. The van der Waals surface area contributed by atoms with Crippen LogP contribution in [0.15, 0.2) is 42.6 Å². The van der Waals surface area contributed by atoms with E-state index >= 15 is 0 Å². The minimum atomic E-state index is -0.172. The molecule has 1 amide bonds. The Morgan fingerprint density at radius 1 is 1.26 bits per heavy atom. The van der Waals surface area contributed by atoms with E-state index in [1.807, 2.05) is 25.1 Å². The fraction of sp³-hybridized carbons (Fsp3) is 0.143. The van der Waals surface area contributed by atoms with Gasteiger partial charge in [0.1, 0.15) is 0 Å². The van der Waals surface area contributed by atoms with E-state index in [9.17, 15) is 4.79 Å². The number of para-hydroxylation sites is 1. The molecule has 0 aliphatic rings. The minimum Gasteiger partial charge on any atom is -0.348 e. The third-order valence-corrected chi connectivity index (χ3v) is 2.75. The Bertz CT molecular complexity index is 566. The number of aromatic nitrogens is 1. The Balaban J connectivity index is 2.03. The summed E-state index contributed by atoms with van der Waals surface area (Å²) in [5.41, 5.74) is 5.53. The summed E-state index contributed by atoms with van der Waals surface area (Å²) in [5, 5.41) is 2.83. The molecule has 5 heteroatoms. The molecule has 0 fully saturated rings. The van der Waals surface area contributed by atoms with Crippen molar-refractivity contribution in [2.75, 3.05) is 5.43 Å². The van der Waals surface area contributed by atoms with Crippen LogP contribution in [0.25, 0.3) is 0 Å². The fourth-order valence-corrected chi connectivity index (χ4v) is 1.69. The van der Waals surface area contributed by atoms with Crippen LogP contribution in [0, 0.1) is 6.92 Å². The van der Waals surface area contributed by atoms with Gasteiger partial charge in [0.2, 0.25) is 0 Å². The number of nitrogen functional groups attached to an aromatic ring is 1. The van der Waals surface area contributed by atoms with Crippen molar-refractivity contribution >= 4 is 11.6 Å². The van der Waals surface area contributed by atoms with E-state index in [4.69, 9.17) is 5.84 Å². The number of hydrazine groups is 1. The number of benzene rings is 1. The van der Waals surface area contributed by atoms with Crippen molar-refractivity contribution in [2.24, 2.45) is 5.84 Å². The number of nitrogens with zero attached hydrogens (tertiary/aromatic N) is 1. The van der Waals surface area contributed by atoms with E-state index in [0.717, 1.165) is 11.3 Å². The van der Waals surface area contributed by atoms with Crippen LogP contribution in [0.5, 0.6) is 0 Å². The van der Waals surface area contributed by atoms with Crippen molar-refractivity contribution in [3.05, 3.63) is 59.4 Å². The Labute approximate surface area is 111 Å². The zero-order valence-electron chi connectivity index (χ0n) is 10.7. The van der Waals surface area contributed by atoms with Gasteiger partial charge in [-0.3, -0.25) is 15.6 Å². The van der Waals surface area contributed by atoms with Gasteiger partial charge in [-0.25, -0.2) is 0 Å². The number of aryl methyl sites for hydroxylation is 1. The fourth-order valence-electron chi connectivity index (χ4n) is 1.69. The lowest BCUT2D eigenvalue weighted by Gasteiger charge is -2.09. The number of carbonyl (C=O) groups is 1. The lowest BCUT2D eigenvalue weighted by Crippen LogP contribution is -2.24. The monoisotopic (exact) mass is 256 g/mol. The number of nitrogens with one attached hydrogen (secondary N) is 2. The largest absolute Gasteiger partial charge is 0.348 e. The molecule has 0 bridgehead atoms. The van der Waals surface area contributed by atoms with E-state index in [-0.39, 0.29) is 5.91 Å². The highest BCUT2D eigenvalue weighted by atomic mass is 16.1. The summed E-state index contributed by atoms with van der Waals surface area (Å²) in [6, 6.07) is 10.9. The van der Waals surface area contributed by atoms with Gasteiger partial charge in [-0.1, -0.05) is 18.2 Å². The number of hydrogen-bond acceptors (Lipinski definition) is 4. The molecule has 1 heterocycles. The van der Waals surface area contributed by atoms with Gasteiger partial charge in [0.05, 0.1) is 11.3 Å². The smallest absolute Gasteiger partial charge is 0.253 e. The first kappa shape index (κ1) is 13.0. The predicted octanol–water partition coefficient (Wildman–Crippen LogP) is 1.61. The summed E-state index contributed by atoms with van der Waals surface area (Å²) in [6.45, 7) is 2.36. The molecule has 1 aromatic carbocycles. The van der Waals surface area contributed by atoms with Crippen LogP contribution in [0.4, 0.5) is 5.69 Å². The molecule has 5 nitrogen and oxygen atoms in total. The number of amides is 1. The molecule has 0 atom stereocenters. The number of carbonyl (C=O) groups excluding carboxylic acids is 1. The van der Waals surface area contributed by atoms with Crippen molar-refractivity contribution in [2.45, 2.75) is 13.5 Å². The Morgan fingerprint density at radius 3 is 2.74 bits per heavy atom. The van der Waals surface area contributed by atoms with E-state index in [0.29, 0.717) is 17.8 Å². The second kappa shape index (κ2) is 5.97. The maximum Gasteiger partial charge on any atom is 0.253 e. The lowest BCUT2D eigenvalue weighted by atomic mass is 10.1. The van der Waals surface area contributed by atoms with E-state index in [1.54, 1.807) is 24.4 Å². The molecule has 19 heavy (non-hydrogen) atoms. The van der Waals surface area contributed by atoms with Gasteiger partial charge in [-0.05, 0) is 30.7 Å². The minimum absolute atomic E-state index is 0.172. The number of rotatable bonds is 4. The first-order chi connectivity index (χ1) is 9.20. The first-order valence-corrected chi connectivity index (χ1v) is 5.96. The van der Waals surface area contributed by atoms with Gasteiger partial charge < -0.3 is 10.7 Å². The number of hydrogen-bond donors (Lipinski definition) is 3. The van der Waals surface area contributed by atoms with Gasteiger partial charge >= 0.3 is 0 Å². The Kier molecular flexibility index (Phi) is 4.10. The molecule has 0 saturated carbocycles. The van der Waals surface area contributed by atoms with Crippen molar-refractivity contribution < 1.29 is 4.79 Å². The van der Waals surface area contributed by atoms with E-state index < -0.39 is 0 Å². The van der Waals surface area contributed by atoms with E-state index in [1.165, 1.54) is 0 Å². The summed E-state index contributed by atoms with van der Waals surface area (Å²) in [4.78, 5) is 16.2. The number of nitrogens with two attached hydrogens (primary N) is 1. The average Bonchev–Trinajstić information content (AvgIpc) is 2.46. The molecule has 0 spiro atoms. The zero-order chi connectivity index (χ0) is 13.7. The second-order valence-electron chi connectivity index (χ2n) is 4.18. The Morgan fingerprint density at radius 2 is 2.05 bits per heavy atom. The normalized spacial score (nSPS) is 10.0. The molecule has 0 aliphatic heterocycles. The van der Waals surface area contributed by atoms with Gasteiger partial charge in [0, 0.05) is 18.4 Å². The second-order valence-corrected chi connectivity index (χ2v) is 4.18. The SMILES string of the molecule is Cc1ccc(CNC(=O)c2ccccc2NN)cn1. The quantitative estimate of drug-likeness (QED) is 0.573. The molecule has 0 aliphatic carbocycles. The van der Waals surface area contributed by atoms with Crippen LogP contribution in [0.2, 0.25) is 0 Å². The lowest BCUT2D eigenvalue weighted by molar-refractivity contribution is 0.0951. The molecule has 1 aromatic heterocycles. The van der Waals surface area contributed by atoms with Crippen LogP contribution in [0.3, 0.4) is 0 Å². The van der Waals surface area contributed by atoms with Crippen molar-refractivity contribution in [3.63, 3.8) is 0 Å². The third kappa shape index (κ3) is 3.29. The molecule has 0 radical (unpaired) electrons. The van der Waals surface area contributed by atoms with Crippen LogP contribution in [0.1, 0.15) is 21.6 Å². The molecule has 0 unspecified atom stereocenters. The highest BCUT2D eigenvalue weighted by molar-refractivity contribution is 5.99. The average molecular weight is 256 g/mol. The summed E-state index contributed by atoms with van der Waals surface area (Å²) < 4.78 is 0. The summed E-state index contributed by atoms with van der Waals surface area (Å²) in [7, 11) is 0. The van der Waals surface area contributed by atoms with Crippen LogP contribution in [-0.2, 0) is 6.54 Å². The van der Waals surface area contributed by atoms with Gasteiger partial charge in [-0.15, -0.1) is 0 Å². The van der Waals surface area contributed by atoms with Crippen molar-refractivity contribution in [1.82, 2.24) is 10.3 Å². The molecular formula is C14H16N4O. The Hall–Kier alpha value is -2.40. The standard InChI is InChI=1S/C14H16N4O/c1-10-6-7-11(8-16-10)9-17-14(19)12-4-2-3-5-13(12)18-15/h2-8,18H,9,15H2,1H3,(H,17,19). The van der Waals surface area contributed by atoms with Crippen LogP contribution < -0.4 is 16.6 Å². The first-order valence-electron chi connectivity index (χ1n) is 5.96. The van der Waals surface area contributed by atoms with Crippen LogP contribution >= 0.6 is 0 Å². The van der Waals surface area contributed by atoms with Crippen molar-refractivity contribution in [3.8, 4) is 0 Å². The van der Waals surface area contributed by atoms with Gasteiger partial charge in [-0.2, -0.15) is 0 Å². The highest BCUT2D eigenvalue weighted by Crippen LogP contribution is 2.13. The van der Waals surface area contributed by atoms with Gasteiger partial charge in [0.15, 0.2) is 0 Å². The summed E-state index contributed by atoms with van der Waals surface area (Å²) >= 11 is 0. The predicted molar refractivity (Wildman–Crippen MR) is 74.4 cm³/mol. The molecule has 2 aromatic rings. The topological polar surface area (TPSA) is 80.0 Å².